The van der Waals surface area contributed by atoms with E-state index in [-0.39, 0.29) is 18.2 Å². The van der Waals surface area contributed by atoms with Crippen LogP contribution in [0.15, 0.2) is 78.9 Å². The van der Waals surface area contributed by atoms with Crippen LogP contribution in [0.1, 0.15) is 5.56 Å². The highest BCUT2D eigenvalue weighted by molar-refractivity contribution is 5.93. The fourth-order valence-electron chi connectivity index (χ4n) is 2.90. The number of para-hydroxylation sites is 3. The quantitative estimate of drug-likeness (QED) is 0.528. The molecule has 0 atom stereocenters. The van der Waals surface area contributed by atoms with Crippen molar-refractivity contribution in [3.63, 3.8) is 0 Å². The second-order valence-corrected chi connectivity index (χ2v) is 6.66. The number of nitrogens with zero attached hydrogens (tertiary/aromatic N) is 1. The zero-order chi connectivity index (χ0) is 21.3. The van der Waals surface area contributed by atoms with Crippen molar-refractivity contribution in [2.75, 3.05) is 18.9 Å². The van der Waals surface area contributed by atoms with Crippen LogP contribution in [-0.4, -0.2) is 31.0 Å². The van der Waals surface area contributed by atoms with E-state index in [1.165, 1.54) is 12.1 Å². The summed E-state index contributed by atoms with van der Waals surface area (Å²) in [6.07, 6.45) is 0. The molecule has 1 N–H and O–H groups in total. The molecule has 3 aromatic rings. The van der Waals surface area contributed by atoms with E-state index >= 15 is 0 Å². The van der Waals surface area contributed by atoms with Crippen molar-refractivity contribution in [1.82, 2.24) is 4.90 Å². The molecule has 5 nitrogen and oxygen atoms in total. The number of likely N-dealkylation sites (N-methyl/N-ethyl adjacent to an activating group) is 1. The monoisotopic (exact) mass is 412 g/mol. The summed E-state index contributed by atoms with van der Waals surface area (Å²) < 4.78 is 35.0. The Balaban J connectivity index is 1.58. The normalized spacial score (nSPS) is 10.8. The number of benzene rings is 3. The molecule has 3 aromatic carbocycles. The third-order valence-electron chi connectivity index (χ3n) is 4.12. The van der Waals surface area contributed by atoms with Gasteiger partial charge in [-0.05, 0) is 49.0 Å². The first-order chi connectivity index (χ1) is 14.5. The second-order valence-electron chi connectivity index (χ2n) is 6.66. The molecule has 0 spiro atoms. The smallest absolute Gasteiger partial charge is 0.387 e. The van der Waals surface area contributed by atoms with Gasteiger partial charge in [0.25, 0.3) is 0 Å². The Morgan fingerprint density at radius 1 is 0.967 bits per heavy atom. The number of halogens is 2. The van der Waals surface area contributed by atoms with Gasteiger partial charge in [0.2, 0.25) is 5.91 Å². The van der Waals surface area contributed by atoms with Crippen molar-refractivity contribution in [3.8, 4) is 17.2 Å². The topological polar surface area (TPSA) is 50.8 Å². The lowest BCUT2D eigenvalue weighted by Gasteiger charge is -2.18. The predicted octanol–water partition coefficient (Wildman–Crippen LogP) is 5.15. The molecule has 0 aliphatic carbocycles. The Morgan fingerprint density at radius 3 is 2.43 bits per heavy atom. The average Bonchev–Trinajstić information content (AvgIpc) is 2.70. The van der Waals surface area contributed by atoms with E-state index in [0.717, 1.165) is 5.56 Å². The molecule has 0 aromatic heterocycles. The van der Waals surface area contributed by atoms with E-state index in [0.29, 0.717) is 23.7 Å². The molecule has 0 aliphatic heterocycles. The lowest BCUT2D eigenvalue weighted by Crippen LogP contribution is -2.29. The standard InChI is InChI=1S/C23H22F2N2O3/c1-27(15-17-8-7-11-19(14-17)30-23(24)25)16-22(28)26-20-12-5-6-13-21(20)29-18-9-3-2-4-10-18/h2-14,23H,15-16H2,1H3,(H,26,28). The van der Waals surface area contributed by atoms with Crippen molar-refractivity contribution in [1.29, 1.82) is 0 Å². The maximum atomic E-state index is 12.5. The molecule has 0 aliphatic rings. The summed E-state index contributed by atoms with van der Waals surface area (Å²) in [6, 6.07) is 22.9. The van der Waals surface area contributed by atoms with Gasteiger partial charge in [-0.2, -0.15) is 8.78 Å². The fraction of sp³-hybridized carbons (Fsp3) is 0.174. The highest BCUT2D eigenvalue weighted by atomic mass is 19.3. The fourth-order valence-corrected chi connectivity index (χ4v) is 2.90. The average molecular weight is 412 g/mol. The zero-order valence-corrected chi connectivity index (χ0v) is 16.4. The van der Waals surface area contributed by atoms with Gasteiger partial charge in [0.05, 0.1) is 12.2 Å². The van der Waals surface area contributed by atoms with Crippen LogP contribution in [0.25, 0.3) is 0 Å². The molecule has 0 heterocycles. The summed E-state index contributed by atoms with van der Waals surface area (Å²) in [6.45, 7) is -2.36. The number of nitrogens with one attached hydrogen (secondary N) is 1. The minimum Gasteiger partial charge on any atom is -0.455 e. The predicted molar refractivity (Wildman–Crippen MR) is 111 cm³/mol. The summed E-state index contributed by atoms with van der Waals surface area (Å²) >= 11 is 0. The van der Waals surface area contributed by atoms with E-state index in [1.807, 2.05) is 42.5 Å². The number of carbonyl (C=O) groups excluding carboxylic acids is 1. The van der Waals surface area contributed by atoms with Crippen LogP contribution in [0.2, 0.25) is 0 Å². The highest BCUT2D eigenvalue weighted by Crippen LogP contribution is 2.29. The zero-order valence-electron chi connectivity index (χ0n) is 16.4. The first-order valence-corrected chi connectivity index (χ1v) is 9.33. The van der Waals surface area contributed by atoms with E-state index < -0.39 is 6.61 Å². The van der Waals surface area contributed by atoms with Crippen LogP contribution in [0.5, 0.6) is 17.2 Å². The lowest BCUT2D eigenvalue weighted by molar-refractivity contribution is -0.117. The molecular weight excluding hydrogens is 390 g/mol. The van der Waals surface area contributed by atoms with Crippen LogP contribution >= 0.6 is 0 Å². The number of hydrogen-bond acceptors (Lipinski definition) is 4. The molecule has 156 valence electrons. The van der Waals surface area contributed by atoms with Gasteiger partial charge >= 0.3 is 6.61 Å². The van der Waals surface area contributed by atoms with Gasteiger partial charge < -0.3 is 14.8 Å². The molecule has 0 saturated heterocycles. The summed E-state index contributed by atoms with van der Waals surface area (Å²) in [7, 11) is 1.77. The molecule has 0 fully saturated rings. The molecule has 1 amide bonds. The van der Waals surface area contributed by atoms with Gasteiger partial charge in [-0.25, -0.2) is 0 Å². The first-order valence-electron chi connectivity index (χ1n) is 9.33. The molecular formula is C23H22F2N2O3. The SMILES string of the molecule is CN(CC(=O)Nc1ccccc1Oc1ccccc1)Cc1cccc(OC(F)F)c1. The Hall–Kier alpha value is -3.45. The van der Waals surface area contributed by atoms with E-state index in [2.05, 4.69) is 10.1 Å². The van der Waals surface area contributed by atoms with Crippen molar-refractivity contribution in [3.05, 3.63) is 84.4 Å². The largest absolute Gasteiger partial charge is 0.455 e. The van der Waals surface area contributed by atoms with Gasteiger partial charge in [0.15, 0.2) is 5.75 Å². The first kappa shape index (κ1) is 21.3. The molecule has 3 rings (SSSR count). The molecule has 0 saturated carbocycles. The highest BCUT2D eigenvalue weighted by Gasteiger charge is 2.12. The Kier molecular flexibility index (Phi) is 7.34. The number of carbonyl (C=O) groups is 1. The van der Waals surface area contributed by atoms with E-state index in [9.17, 15) is 13.6 Å². The van der Waals surface area contributed by atoms with E-state index in [4.69, 9.17) is 4.74 Å². The number of rotatable bonds is 9. The maximum Gasteiger partial charge on any atom is 0.387 e. The lowest BCUT2D eigenvalue weighted by atomic mass is 10.2. The second kappa shape index (κ2) is 10.4. The Bertz CT molecular complexity index is 967. The van der Waals surface area contributed by atoms with Crippen LogP contribution in [0, 0.1) is 0 Å². The summed E-state index contributed by atoms with van der Waals surface area (Å²) in [4.78, 5) is 14.3. The van der Waals surface area contributed by atoms with E-state index in [1.54, 1.807) is 36.2 Å². The molecule has 0 bridgehead atoms. The minimum atomic E-state index is -2.87. The van der Waals surface area contributed by atoms with Gasteiger partial charge in [-0.1, -0.05) is 42.5 Å². The van der Waals surface area contributed by atoms with Crippen LogP contribution in [0.4, 0.5) is 14.5 Å². The molecule has 0 unspecified atom stereocenters. The number of hydrogen-bond donors (Lipinski definition) is 1. The number of anilines is 1. The Morgan fingerprint density at radius 2 is 1.67 bits per heavy atom. The minimum absolute atomic E-state index is 0.0901. The molecule has 30 heavy (non-hydrogen) atoms. The van der Waals surface area contributed by atoms with Gasteiger partial charge in [0.1, 0.15) is 11.5 Å². The molecule has 0 radical (unpaired) electrons. The van der Waals surface area contributed by atoms with Gasteiger partial charge in [-0.3, -0.25) is 9.69 Å². The third-order valence-corrected chi connectivity index (χ3v) is 4.12. The van der Waals surface area contributed by atoms with Gasteiger partial charge in [0, 0.05) is 6.54 Å². The maximum absolute atomic E-state index is 12.5. The van der Waals surface area contributed by atoms with Gasteiger partial charge in [-0.15, -0.1) is 0 Å². The number of amides is 1. The summed E-state index contributed by atoms with van der Waals surface area (Å²) in [5, 5.41) is 2.86. The van der Waals surface area contributed by atoms with Crippen LogP contribution in [-0.2, 0) is 11.3 Å². The summed E-state index contributed by atoms with van der Waals surface area (Å²) in [5.41, 5.74) is 1.32. The number of ether oxygens (including phenoxy) is 2. The van der Waals surface area contributed by atoms with Crippen molar-refractivity contribution in [2.45, 2.75) is 13.2 Å². The van der Waals surface area contributed by atoms with Crippen molar-refractivity contribution in [2.24, 2.45) is 0 Å². The molecule has 7 heteroatoms. The third kappa shape index (κ3) is 6.56. The number of alkyl halides is 2. The van der Waals surface area contributed by atoms with Crippen molar-refractivity contribution >= 4 is 11.6 Å². The van der Waals surface area contributed by atoms with Crippen LogP contribution in [0.3, 0.4) is 0 Å². The summed E-state index contributed by atoms with van der Waals surface area (Å²) in [5.74, 6) is 1.08. The Labute approximate surface area is 173 Å². The van der Waals surface area contributed by atoms with Crippen molar-refractivity contribution < 1.29 is 23.0 Å². The van der Waals surface area contributed by atoms with Crippen LogP contribution < -0.4 is 14.8 Å².